The van der Waals surface area contributed by atoms with Crippen LogP contribution in [-0.4, -0.2) is 66.8 Å². The van der Waals surface area contributed by atoms with E-state index in [-0.39, 0.29) is 43.4 Å². The van der Waals surface area contributed by atoms with Crippen molar-refractivity contribution in [3.8, 4) is 0 Å². The van der Waals surface area contributed by atoms with E-state index in [2.05, 4.69) is 0 Å². The molecular formula is C28H48N2O6. The number of fused-ring (bicyclic) bond motifs is 2. The molecule has 4 atom stereocenters. The highest BCUT2D eigenvalue weighted by Crippen LogP contribution is 2.50. The van der Waals surface area contributed by atoms with Crippen LogP contribution in [0.4, 0.5) is 0 Å². The number of carbonyl (C=O) groups is 2. The molecule has 2 aliphatic heterocycles. The van der Waals surface area contributed by atoms with E-state index in [1.807, 2.05) is 67.5 Å². The third-order valence-electron chi connectivity index (χ3n) is 8.77. The van der Waals surface area contributed by atoms with Gasteiger partial charge in [0.15, 0.2) is 0 Å². The van der Waals surface area contributed by atoms with Crippen molar-refractivity contribution in [3.63, 3.8) is 0 Å². The van der Waals surface area contributed by atoms with Gasteiger partial charge >= 0.3 is 11.9 Å². The van der Waals surface area contributed by atoms with E-state index < -0.39 is 34.0 Å². The van der Waals surface area contributed by atoms with Crippen LogP contribution in [0.25, 0.3) is 0 Å². The highest BCUT2D eigenvalue weighted by Gasteiger charge is 2.55. The zero-order chi connectivity index (χ0) is 26.1. The Morgan fingerprint density at radius 3 is 1.22 bits per heavy atom. The first-order valence-electron chi connectivity index (χ1n) is 13.0. The molecule has 4 aliphatic rings. The van der Waals surface area contributed by atoms with E-state index in [0.717, 1.165) is 6.42 Å². The SMILES string of the molecule is C.CC1(C)CC(OC(=O)C2C3C=CC(C3)C2C(=O)OC2CC(C)(C)N(O)C(C)(C)C2)CC(C)(C)N1O. The summed E-state index contributed by atoms with van der Waals surface area (Å²) in [6, 6.07) is 0. The van der Waals surface area contributed by atoms with Gasteiger partial charge in [-0.15, -0.1) is 0 Å². The van der Waals surface area contributed by atoms with E-state index in [1.54, 1.807) is 0 Å². The topological polar surface area (TPSA) is 99.5 Å². The predicted molar refractivity (Wildman–Crippen MR) is 136 cm³/mol. The van der Waals surface area contributed by atoms with Crippen molar-refractivity contribution in [1.82, 2.24) is 10.1 Å². The third kappa shape index (κ3) is 5.11. The fourth-order valence-corrected chi connectivity index (χ4v) is 7.47. The molecule has 0 amide bonds. The van der Waals surface area contributed by atoms with Crippen molar-refractivity contribution in [3.05, 3.63) is 12.2 Å². The maximum atomic E-state index is 13.5. The highest BCUT2D eigenvalue weighted by molar-refractivity contribution is 5.84. The molecule has 0 aromatic rings. The Morgan fingerprint density at radius 2 is 0.944 bits per heavy atom. The van der Waals surface area contributed by atoms with Gasteiger partial charge in [-0.25, -0.2) is 0 Å². The number of hydrogen-bond acceptors (Lipinski definition) is 8. The van der Waals surface area contributed by atoms with Crippen LogP contribution >= 0.6 is 0 Å². The molecule has 2 N–H and O–H groups in total. The van der Waals surface area contributed by atoms with E-state index >= 15 is 0 Å². The number of ether oxygens (including phenoxy) is 2. The van der Waals surface area contributed by atoms with Crippen LogP contribution in [0.2, 0.25) is 0 Å². The first-order chi connectivity index (χ1) is 15.9. The number of piperidine rings is 2. The summed E-state index contributed by atoms with van der Waals surface area (Å²) >= 11 is 0. The lowest BCUT2D eigenvalue weighted by molar-refractivity contribution is -0.261. The average Bonchev–Trinajstić information content (AvgIpc) is 3.31. The zero-order valence-corrected chi connectivity index (χ0v) is 22.6. The van der Waals surface area contributed by atoms with Gasteiger partial charge < -0.3 is 19.9 Å². The van der Waals surface area contributed by atoms with Crippen molar-refractivity contribution in [2.45, 2.75) is 129 Å². The van der Waals surface area contributed by atoms with Gasteiger partial charge in [-0.3, -0.25) is 9.59 Å². The molecule has 8 heteroatoms. The van der Waals surface area contributed by atoms with Gasteiger partial charge in [-0.05, 0) is 73.6 Å². The minimum atomic E-state index is -0.546. The largest absolute Gasteiger partial charge is 0.462 e. The molecule has 36 heavy (non-hydrogen) atoms. The molecule has 0 spiro atoms. The number of hydrogen-bond donors (Lipinski definition) is 2. The van der Waals surface area contributed by atoms with Crippen LogP contribution in [-0.2, 0) is 19.1 Å². The number of hydroxylamine groups is 4. The molecule has 3 fully saturated rings. The lowest BCUT2D eigenvalue weighted by Gasteiger charge is -2.51. The first kappa shape index (κ1) is 29.1. The zero-order valence-electron chi connectivity index (χ0n) is 22.6. The molecule has 2 heterocycles. The number of carbonyl (C=O) groups excluding carboxylic acids is 2. The second-order valence-corrected chi connectivity index (χ2v) is 13.8. The van der Waals surface area contributed by atoms with Crippen LogP contribution in [0.15, 0.2) is 12.2 Å². The third-order valence-corrected chi connectivity index (χ3v) is 8.77. The highest BCUT2D eigenvalue weighted by atomic mass is 16.6. The van der Waals surface area contributed by atoms with Gasteiger partial charge in [0.2, 0.25) is 0 Å². The second kappa shape index (κ2) is 9.37. The first-order valence-corrected chi connectivity index (χ1v) is 13.0. The summed E-state index contributed by atoms with van der Waals surface area (Å²) in [5, 5.41) is 23.9. The Morgan fingerprint density at radius 1 is 0.667 bits per heavy atom. The van der Waals surface area contributed by atoms with Gasteiger partial charge in [-0.1, -0.05) is 19.6 Å². The summed E-state index contributed by atoms with van der Waals surface area (Å²) in [6.45, 7) is 15.5. The summed E-state index contributed by atoms with van der Waals surface area (Å²) in [6.07, 6.45) is 6.28. The van der Waals surface area contributed by atoms with Crippen LogP contribution in [0.1, 0.15) is 94.9 Å². The van der Waals surface area contributed by atoms with E-state index in [1.165, 1.54) is 10.1 Å². The fraction of sp³-hybridized carbons (Fsp3) is 0.857. The average molecular weight is 509 g/mol. The Labute approximate surface area is 216 Å². The molecule has 2 saturated heterocycles. The number of esters is 2. The Bertz CT molecular complexity index is 788. The molecule has 4 unspecified atom stereocenters. The smallest absolute Gasteiger partial charge is 0.310 e. The van der Waals surface area contributed by atoms with E-state index in [4.69, 9.17) is 9.47 Å². The summed E-state index contributed by atoms with van der Waals surface area (Å²) in [5.41, 5.74) is -2.11. The second-order valence-electron chi connectivity index (χ2n) is 13.8. The predicted octanol–water partition coefficient (Wildman–Crippen LogP) is 4.97. The quantitative estimate of drug-likeness (QED) is 0.406. The minimum Gasteiger partial charge on any atom is -0.462 e. The Balaban J connectivity index is 0.00000361. The Kier molecular flexibility index (Phi) is 7.57. The van der Waals surface area contributed by atoms with Crippen LogP contribution in [0.5, 0.6) is 0 Å². The summed E-state index contributed by atoms with van der Waals surface area (Å²) in [4.78, 5) is 27.0. The van der Waals surface area contributed by atoms with Crippen molar-refractivity contribution in [2.75, 3.05) is 0 Å². The van der Waals surface area contributed by atoms with Crippen LogP contribution < -0.4 is 0 Å². The van der Waals surface area contributed by atoms with E-state index in [9.17, 15) is 20.0 Å². The fourth-order valence-electron chi connectivity index (χ4n) is 7.47. The van der Waals surface area contributed by atoms with Gasteiger partial charge in [0.1, 0.15) is 12.2 Å². The number of allylic oxidation sites excluding steroid dienone is 2. The number of rotatable bonds is 4. The molecule has 8 nitrogen and oxygen atoms in total. The lowest BCUT2D eigenvalue weighted by atomic mass is 9.79. The van der Waals surface area contributed by atoms with Gasteiger partial charge in [0.25, 0.3) is 0 Å². The molecule has 2 bridgehead atoms. The van der Waals surface area contributed by atoms with Crippen LogP contribution in [0, 0.1) is 23.7 Å². The molecular weight excluding hydrogens is 460 g/mol. The molecule has 0 aromatic carbocycles. The van der Waals surface area contributed by atoms with Gasteiger partial charge in [0.05, 0.1) is 11.8 Å². The molecule has 206 valence electrons. The summed E-state index contributed by atoms with van der Waals surface area (Å²) in [5.74, 6) is -1.80. The summed E-state index contributed by atoms with van der Waals surface area (Å²) in [7, 11) is 0. The maximum absolute atomic E-state index is 13.5. The number of nitrogens with zero attached hydrogens (tertiary/aromatic N) is 2. The maximum Gasteiger partial charge on any atom is 0.310 e. The molecule has 0 radical (unpaired) electrons. The van der Waals surface area contributed by atoms with Gasteiger partial charge in [-0.2, -0.15) is 10.1 Å². The molecule has 0 aromatic heterocycles. The van der Waals surface area contributed by atoms with E-state index in [0.29, 0.717) is 25.7 Å². The summed E-state index contributed by atoms with van der Waals surface area (Å²) < 4.78 is 12.1. The van der Waals surface area contributed by atoms with Crippen molar-refractivity contribution in [1.29, 1.82) is 0 Å². The monoisotopic (exact) mass is 508 g/mol. The molecule has 4 rings (SSSR count). The molecule has 2 aliphatic carbocycles. The van der Waals surface area contributed by atoms with Crippen LogP contribution in [0.3, 0.4) is 0 Å². The van der Waals surface area contributed by atoms with Crippen molar-refractivity contribution >= 4 is 11.9 Å². The minimum absolute atomic E-state index is 0. The normalized spacial score (nSPS) is 35.3. The standard InChI is InChI=1S/C27H44N2O6.CH4/c1-24(2)12-18(13-25(3,4)28(24)32)34-22(30)20-16-9-10-17(11-16)21(20)23(31)35-19-14-26(5,6)29(33)27(7,8)15-19;/h9-10,16-21,32-33H,11-15H2,1-8H3;1H4. The van der Waals surface area contributed by atoms with Gasteiger partial charge in [0, 0.05) is 47.8 Å². The van der Waals surface area contributed by atoms with Crippen molar-refractivity contribution in [2.24, 2.45) is 23.7 Å². The lowest BCUT2D eigenvalue weighted by Crippen LogP contribution is -2.61. The van der Waals surface area contributed by atoms with Crippen molar-refractivity contribution < 1.29 is 29.5 Å². The molecule has 1 saturated carbocycles. The Hall–Kier alpha value is -1.48.